The Balaban J connectivity index is 2.66. The Hall–Kier alpha value is -2.56. The monoisotopic (exact) mass is 302 g/mol. The topological polar surface area (TPSA) is 76.7 Å². The number of carboxylic acids is 1. The molecule has 1 N–H and O–H groups in total. The molecule has 116 valence electrons. The Morgan fingerprint density at radius 2 is 2.00 bits per heavy atom. The van der Waals surface area contributed by atoms with Crippen LogP contribution in [0.3, 0.4) is 0 Å². The molecular weight excluding hydrogens is 284 g/mol. The molecule has 5 nitrogen and oxygen atoms in total. The number of fused-ring (bicyclic) bond motifs is 1. The standard InChI is InChI=1S/C17H18O5/c1-4-11(8-17(19)20)14-7-12-6-13(5-2)22-15(12)9-16(14)21-10(3)18/h6-9H,4-5H2,1-3H3,(H,19,20). The van der Waals surface area contributed by atoms with E-state index < -0.39 is 11.9 Å². The number of carbonyl (C=O) groups excluding carboxylic acids is 1. The van der Waals surface area contributed by atoms with Crippen molar-refractivity contribution in [2.45, 2.75) is 33.6 Å². The van der Waals surface area contributed by atoms with E-state index in [1.165, 1.54) is 6.92 Å². The van der Waals surface area contributed by atoms with E-state index >= 15 is 0 Å². The normalized spacial score (nSPS) is 11.7. The van der Waals surface area contributed by atoms with Gasteiger partial charge in [-0.05, 0) is 24.1 Å². The zero-order valence-corrected chi connectivity index (χ0v) is 12.8. The molecule has 0 unspecified atom stereocenters. The summed E-state index contributed by atoms with van der Waals surface area (Å²) in [6.07, 6.45) is 2.39. The summed E-state index contributed by atoms with van der Waals surface area (Å²) in [4.78, 5) is 22.3. The lowest BCUT2D eigenvalue weighted by Gasteiger charge is -2.11. The quantitative estimate of drug-likeness (QED) is 0.516. The highest BCUT2D eigenvalue weighted by Crippen LogP contribution is 2.34. The summed E-state index contributed by atoms with van der Waals surface area (Å²) in [5.41, 5.74) is 1.79. The molecule has 1 heterocycles. The van der Waals surface area contributed by atoms with Gasteiger partial charge < -0.3 is 14.3 Å². The Kier molecular flexibility index (Phi) is 4.65. The van der Waals surface area contributed by atoms with E-state index in [0.29, 0.717) is 28.9 Å². The van der Waals surface area contributed by atoms with E-state index in [9.17, 15) is 9.59 Å². The third-order valence-electron chi connectivity index (χ3n) is 3.30. The van der Waals surface area contributed by atoms with Gasteiger partial charge in [-0.1, -0.05) is 13.8 Å². The lowest BCUT2D eigenvalue weighted by atomic mass is 10.00. The maximum Gasteiger partial charge on any atom is 0.328 e. The molecule has 0 saturated carbocycles. The predicted molar refractivity (Wildman–Crippen MR) is 82.8 cm³/mol. The second kappa shape index (κ2) is 6.47. The van der Waals surface area contributed by atoms with Crippen LogP contribution in [0.2, 0.25) is 0 Å². The van der Waals surface area contributed by atoms with Gasteiger partial charge in [-0.3, -0.25) is 4.79 Å². The van der Waals surface area contributed by atoms with Crippen molar-refractivity contribution in [1.29, 1.82) is 0 Å². The number of benzene rings is 1. The first-order valence-electron chi connectivity index (χ1n) is 7.13. The molecule has 0 atom stereocenters. The van der Waals surface area contributed by atoms with Gasteiger partial charge in [0.15, 0.2) is 0 Å². The average molecular weight is 302 g/mol. The third kappa shape index (κ3) is 3.36. The molecule has 1 aromatic carbocycles. The van der Waals surface area contributed by atoms with E-state index in [-0.39, 0.29) is 0 Å². The highest BCUT2D eigenvalue weighted by molar-refractivity contribution is 5.94. The summed E-state index contributed by atoms with van der Waals surface area (Å²) in [5, 5.41) is 9.86. The number of allylic oxidation sites excluding steroid dienone is 1. The van der Waals surface area contributed by atoms with Crippen molar-refractivity contribution in [2.75, 3.05) is 0 Å². The first kappa shape index (κ1) is 15.8. The van der Waals surface area contributed by atoms with Crippen molar-refractivity contribution in [2.24, 2.45) is 0 Å². The van der Waals surface area contributed by atoms with Gasteiger partial charge in [-0.15, -0.1) is 0 Å². The van der Waals surface area contributed by atoms with Crippen LogP contribution in [0.5, 0.6) is 5.75 Å². The smallest absolute Gasteiger partial charge is 0.328 e. The number of esters is 1. The minimum Gasteiger partial charge on any atom is -0.478 e. The predicted octanol–water partition coefficient (Wildman–Crippen LogP) is 3.80. The van der Waals surface area contributed by atoms with E-state index in [0.717, 1.165) is 23.6 Å². The SMILES string of the molecule is CCC(=CC(=O)O)c1cc2cc(CC)oc2cc1OC(C)=O. The first-order valence-corrected chi connectivity index (χ1v) is 7.13. The Morgan fingerprint density at radius 1 is 1.27 bits per heavy atom. The van der Waals surface area contributed by atoms with Crippen molar-refractivity contribution >= 4 is 28.5 Å². The molecular formula is C17H18O5. The fraction of sp³-hybridized carbons (Fsp3) is 0.294. The second-order valence-corrected chi connectivity index (χ2v) is 4.91. The fourth-order valence-corrected chi connectivity index (χ4v) is 2.31. The van der Waals surface area contributed by atoms with Crippen molar-refractivity contribution in [3.05, 3.63) is 35.6 Å². The van der Waals surface area contributed by atoms with Crippen LogP contribution in [0.4, 0.5) is 0 Å². The zero-order valence-electron chi connectivity index (χ0n) is 12.8. The van der Waals surface area contributed by atoms with Gasteiger partial charge in [0.1, 0.15) is 17.1 Å². The minimum absolute atomic E-state index is 0.311. The number of hydrogen-bond acceptors (Lipinski definition) is 4. The molecule has 0 bridgehead atoms. The second-order valence-electron chi connectivity index (χ2n) is 4.91. The van der Waals surface area contributed by atoms with Crippen LogP contribution in [0, 0.1) is 0 Å². The molecule has 0 saturated heterocycles. The lowest BCUT2D eigenvalue weighted by molar-refractivity contribution is -0.132. The molecule has 2 aromatic rings. The summed E-state index contributed by atoms with van der Waals surface area (Å²) in [6, 6.07) is 5.34. The van der Waals surface area contributed by atoms with Crippen LogP contribution in [0.1, 0.15) is 38.5 Å². The van der Waals surface area contributed by atoms with Crippen LogP contribution in [-0.2, 0) is 16.0 Å². The number of aryl methyl sites for hydroxylation is 1. The van der Waals surface area contributed by atoms with Gasteiger partial charge in [0.05, 0.1) is 0 Å². The summed E-state index contributed by atoms with van der Waals surface area (Å²) < 4.78 is 10.9. The van der Waals surface area contributed by atoms with Crippen molar-refractivity contribution in [3.63, 3.8) is 0 Å². The van der Waals surface area contributed by atoms with Gasteiger partial charge >= 0.3 is 11.9 Å². The summed E-state index contributed by atoms with van der Waals surface area (Å²) in [5.74, 6) is -0.367. The third-order valence-corrected chi connectivity index (χ3v) is 3.30. The number of furan rings is 1. The highest BCUT2D eigenvalue weighted by atomic mass is 16.5. The van der Waals surface area contributed by atoms with Crippen LogP contribution in [-0.4, -0.2) is 17.0 Å². The van der Waals surface area contributed by atoms with E-state index in [2.05, 4.69) is 0 Å². The molecule has 22 heavy (non-hydrogen) atoms. The molecule has 0 aliphatic carbocycles. The van der Waals surface area contributed by atoms with Gasteiger partial charge in [-0.25, -0.2) is 4.79 Å². The van der Waals surface area contributed by atoms with Crippen molar-refractivity contribution in [1.82, 2.24) is 0 Å². The molecule has 5 heteroatoms. The molecule has 1 aromatic heterocycles. The first-order chi connectivity index (χ1) is 10.4. The van der Waals surface area contributed by atoms with Crippen LogP contribution in [0.15, 0.2) is 28.7 Å². The molecule has 0 spiro atoms. The van der Waals surface area contributed by atoms with E-state index in [4.69, 9.17) is 14.3 Å². The maximum atomic E-state index is 11.3. The van der Waals surface area contributed by atoms with Crippen LogP contribution < -0.4 is 4.74 Å². The van der Waals surface area contributed by atoms with Crippen molar-refractivity contribution in [3.8, 4) is 5.75 Å². The molecule has 0 fully saturated rings. The van der Waals surface area contributed by atoms with Crippen molar-refractivity contribution < 1.29 is 23.8 Å². The molecule has 0 radical (unpaired) electrons. The number of carbonyl (C=O) groups is 2. The molecule has 0 amide bonds. The van der Waals surface area contributed by atoms with E-state index in [1.54, 1.807) is 12.1 Å². The van der Waals surface area contributed by atoms with Crippen LogP contribution in [0.25, 0.3) is 16.5 Å². The largest absolute Gasteiger partial charge is 0.478 e. The molecule has 0 aliphatic heterocycles. The van der Waals surface area contributed by atoms with Gasteiger partial charge in [-0.2, -0.15) is 0 Å². The van der Waals surface area contributed by atoms with Gasteiger partial charge in [0.25, 0.3) is 0 Å². The number of carboxylic acid groups (broad SMARTS) is 1. The highest BCUT2D eigenvalue weighted by Gasteiger charge is 2.15. The Morgan fingerprint density at radius 3 is 2.55 bits per heavy atom. The minimum atomic E-state index is -1.04. The van der Waals surface area contributed by atoms with Gasteiger partial charge in [0.2, 0.25) is 0 Å². The van der Waals surface area contributed by atoms with Gasteiger partial charge in [0, 0.05) is 36.4 Å². The lowest BCUT2D eigenvalue weighted by Crippen LogP contribution is -2.04. The number of rotatable bonds is 5. The summed E-state index contributed by atoms with van der Waals surface area (Å²) >= 11 is 0. The Bertz CT molecular complexity index is 752. The Labute approximate surface area is 128 Å². The number of aliphatic carboxylic acids is 1. The number of hydrogen-bond donors (Lipinski definition) is 1. The molecule has 2 rings (SSSR count). The summed E-state index contributed by atoms with van der Waals surface area (Å²) in [6.45, 7) is 5.14. The fourth-order valence-electron chi connectivity index (χ4n) is 2.31. The maximum absolute atomic E-state index is 11.3. The summed E-state index contributed by atoms with van der Waals surface area (Å²) in [7, 11) is 0. The number of ether oxygens (including phenoxy) is 1. The zero-order chi connectivity index (χ0) is 16.3. The molecule has 0 aliphatic rings. The van der Waals surface area contributed by atoms with Crippen LogP contribution >= 0.6 is 0 Å². The van der Waals surface area contributed by atoms with E-state index in [1.807, 2.05) is 19.9 Å². The average Bonchev–Trinajstić information content (AvgIpc) is 2.85.